The molecule has 1 heterocycles. The van der Waals surface area contributed by atoms with Crippen LogP contribution in [-0.2, 0) is 28.9 Å². The van der Waals surface area contributed by atoms with Crippen molar-refractivity contribution in [3.63, 3.8) is 0 Å². The summed E-state index contributed by atoms with van der Waals surface area (Å²) in [5.41, 5.74) is 8.91. The zero-order valence-corrected chi connectivity index (χ0v) is 26.1. The van der Waals surface area contributed by atoms with Gasteiger partial charge in [-0.05, 0) is 96.9 Å². The number of aromatic amines is 1. The van der Waals surface area contributed by atoms with Gasteiger partial charge in [0.25, 0.3) is 0 Å². The number of benzene rings is 3. The van der Waals surface area contributed by atoms with Crippen molar-refractivity contribution in [2.24, 2.45) is 0 Å². The fraction of sp³-hybridized carbons (Fsp3) is 0.378. The summed E-state index contributed by atoms with van der Waals surface area (Å²) in [6, 6.07) is 22.2. The molecule has 0 saturated heterocycles. The molecule has 3 aromatic carbocycles. The summed E-state index contributed by atoms with van der Waals surface area (Å²) in [4.78, 5) is 20.1. The Bertz CT molecular complexity index is 1530. The Morgan fingerprint density at radius 2 is 1.84 bits per heavy atom. The molecular weight excluding hydrogens is 534 g/mol. The van der Waals surface area contributed by atoms with Crippen molar-refractivity contribution in [1.29, 1.82) is 0 Å². The minimum absolute atomic E-state index is 0.336. The van der Waals surface area contributed by atoms with Crippen LogP contribution in [0.1, 0.15) is 59.7 Å². The second-order valence-corrected chi connectivity index (χ2v) is 11.5. The van der Waals surface area contributed by atoms with E-state index in [4.69, 9.17) is 9.47 Å². The average Bonchev–Trinajstić information content (AvgIpc) is 3.64. The molecule has 0 unspecified atom stereocenters. The molecule has 4 aromatic rings. The van der Waals surface area contributed by atoms with Crippen molar-refractivity contribution in [3.8, 4) is 5.75 Å². The van der Waals surface area contributed by atoms with Gasteiger partial charge < -0.3 is 19.4 Å². The molecule has 6 heteroatoms. The summed E-state index contributed by atoms with van der Waals surface area (Å²) < 4.78 is 10.8. The number of carbonyl (C=O) groups is 1. The van der Waals surface area contributed by atoms with Crippen molar-refractivity contribution in [2.45, 2.75) is 52.6 Å². The highest BCUT2D eigenvalue weighted by Gasteiger charge is 2.28. The first-order chi connectivity index (χ1) is 21.0. The summed E-state index contributed by atoms with van der Waals surface area (Å²) in [6.45, 7) is 12.1. The molecule has 226 valence electrons. The highest BCUT2D eigenvalue weighted by Crippen LogP contribution is 2.38. The van der Waals surface area contributed by atoms with Gasteiger partial charge in [-0.1, -0.05) is 56.3 Å². The van der Waals surface area contributed by atoms with E-state index in [1.807, 2.05) is 6.08 Å². The summed E-state index contributed by atoms with van der Waals surface area (Å²) in [6.07, 6.45) is 8.58. The molecule has 43 heavy (non-hydrogen) atoms. The Morgan fingerprint density at radius 1 is 1.02 bits per heavy atom. The maximum atomic E-state index is 11.6. The summed E-state index contributed by atoms with van der Waals surface area (Å²) in [7, 11) is 1.40. The minimum Gasteiger partial charge on any atom is -0.492 e. The number of hydrogen-bond donors (Lipinski definition) is 1. The number of aromatic nitrogens is 1. The smallest absolute Gasteiger partial charge is 0.330 e. The van der Waals surface area contributed by atoms with Crippen molar-refractivity contribution in [1.82, 2.24) is 14.8 Å². The van der Waals surface area contributed by atoms with Crippen LogP contribution in [-0.4, -0.2) is 60.6 Å². The van der Waals surface area contributed by atoms with Crippen LogP contribution in [0.3, 0.4) is 0 Å². The van der Waals surface area contributed by atoms with Crippen molar-refractivity contribution in [3.05, 3.63) is 106 Å². The summed E-state index contributed by atoms with van der Waals surface area (Å²) in [5, 5.41) is 1.31. The van der Waals surface area contributed by atoms with Crippen LogP contribution in [0.4, 0.5) is 0 Å². The van der Waals surface area contributed by atoms with Crippen LogP contribution in [0.15, 0.2) is 72.9 Å². The van der Waals surface area contributed by atoms with Gasteiger partial charge in [0.2, 0.25) is 0 Å². The van der Waals surface area contributed by atoms with E-state index in [0.717, 1.165) is 63.3 Å². The second kappa shape index (κ2) is 14.5. The number of ether oxygens (including phenoxy) is 2. The second-order valence-electron chi connectivity index (χ2n) is 11.5. The van der Waals surface area contributed by atoms with E-state index in [2.05, 4.69) is 102 Å². The molecule has 0 amide bonds. The fourth-order valence-corrected chi connectivity index (χ4v) is 6.20. The minimum atomic E-state index is -0.336. The number of likely N-dealkylation sites (N-methyl/N-ethyl adjacent to an activating group) is 1. The molecule has 0 bridgehead atoms. The number of rotatable bonds is 14. The lowest BCUT2D eigenvalue weighted by atomic mass is 10.0. The van der Waals surface area contributed by atoms with Gasteiger partial charge in [-0.15, -0.1) is 0 Å². The molecular formula is C37H45N3O3. The fourth-order valence-electron chi connectivity index (χ4n) is 6.20. The van der Waals surface area contributed by atoms with Gasteiger partial charge in [0.1, 0.15) is 12.4 Å². The molecule has 5 rings (SSSR count). The first-order valence-corrected chi connectivity index (χ1v) is 15.6. The highest BCUT2D eigenvalue weighted by molar-refractivity contribution is 5.87. The third kappa shape index (κ3) is 7.75. The van der Waals surface area contributed by atoms with Gasteiger partial charge in [-0.3, -0.25) is 4.90 Å². The molecule has 1 N–H and O–H groups in total. The van der Waals surface area contributed by atoms with Crippen molar-refractivity contribution in [2.75, 3.05) is 39.9 Å². The molecule has 0 saturated carbocycles. The first-order valence-electron chi connectivity index (χ1n) is 15.6. The molecule has 0 spiro atoms. The number of methoxy groups -OCH3 is 1. The van der Waals surface area contributed by atoms with Gasteiger partial charge in [0.15, 0.2) is 0 Å². The Kier molecular flexibility index (Phi) is 10.3. The van der Waals surface area contributed by atoms with Crippen LogP contribution in [0.5, 0.6) is 5.75 Å². The molecule has 0 radical (unpaired) electrons. The largest absolute Gasteiger partial charge is 0.492 e. The SMILES string of the molecule is CCN(CC)CCOc1ccc(CN(CCc2c[nH]c3cc(C)ccc23)[C@H]2CCc3cc(/C=C/C(=O)OC)ccc32)cc1. The molecule has 0 aliphatic heterocycles. The molecule has 1 aliphatic carbocycles. The van der Waals surface area contributed by atoms with Crippen molar-refractivity contribution >= 4 is 22.9 Å². The Labute approximate surface area is 256 Å². The van der Waals surface area contributed by atoms with Gasteiger partial charge in [0.05, 0.1) is 7.11 Å². The zero-order chi connectivity index (χ0) is 30.2. The Balaban J connectivity index is 1.33. The van der Waals surface area contributed by atoms with E-state index in [1.165, 1.54) is 51.9 Å². The quantitative estimate of drug-likeness (QED) is 0.127. The van der Waals surface area contributed by atoms with E-state index in [9.17, 15) is 4.79 Å². The maximum absolute atomic E-state index is 11.6. The number of hydrogen-bond acceptors (Lipinski definition) is 5. The molecule has 1 aromatic heterocycles. The average molecular weight is 580 g/mol. The van der Waals surface area contributed by atoms with Crippen LogP contribution in [0.2, 0.25) is 0 Å². The van der Waals surface area contributed by atoms with E-state index >= 15 is 0 Å². The maximum Gasteiger partial charge on any atom is 0.330 e. The Hall–Kier alpha value is -3.87. The van der Waals surface area contributed by atoms with Gasteiger partial charge in [0, 0.05) is 48.9 Å². The first kappa shape index (κ1) is 30.6. The number of H-pyrrole nitrogens is 1. The van der Waals surface area contributed by atoms with Gasteiger partial charge >= 0.3 is 5.97 Å². The number of aryl methyl sites for hydroxylation is 2. The molecule has 6 nitrogen and oxygen atoms in total. The number of nitrogens with zero attached hydrogens (tertiary/aromatic N) is 2. The summed E-state index contributed by atoms with van der Waals surface area (Å²) >= 11 is 0. The lowest BCUT2D eigenvalue weighted by molar-refractivity contribution is -0.134. The van der Waals surface area contributed by atoms with Crippen LogP contribution in [0, 0.1) is 6.92 Å². The number of carbonyl (C=O) groups excluding carboxylic acids is 1. The molecule has 0 fully saturated rings. The van der Waals surface area contributed by atoms with Gasteiger partial charge in [-0.25, -0.2) is 4.79 Å². The van der Waals surface area contributed by atoms with E-state index < -0.39 is 0 Å². The van der Waals surface area contributed by atoms with E-state index in [0.29, 0.717) is 12.6 Å². The number of esters is 1. The highest BCUT2D eigenvalue weighted by atomic mass is 16.5. The lowest BCUT2D eigenvalue weighted by Crippen LogP contribution is -2.29. The third-order valence-electron chi connectivity index (χ3n) is 8.74. The standard InChI is InChI=1S/C37H45N3O3/c1-5-39(6-2)21-22-43-32-13-8-29(9-14-32)26-40(20-19-31-25-38-35-23-27(3)7-15-33(31)35)36-17-12-30-24-28(10-16-34(30)36)11-18-37(41)42-4/h7-11,13-16,18,23-25,36,38H,5-6,12,17,19-22,26H2,1-4H3/b18-11+/t36-/m0/s1. The van der Waals surface area contributed by atoms with Crippen LogP contribution >= 0.6 is 0 Å². The topological polar surface area (TPSA) is 57.8 Å². The molecule has 1 aliphatic rings. The third-order valence-corrected chi connectivity index (χ3v) is 8.74. The van der Waals surface area contributed by atoms with Crippen LogP contribution in [0.25, 0.3) is 17.0 Å². The van der Waals surface area contributed by atoms with E-state index in [1.54, 1.807) is 0 Å². The van der Waals surface area contributed by atoms with E-state index in [-0.39, 0.29) is 5.97 Å². The number of nitrogens with one attached hydrogen (secondary N) is 1. The summed E-state index contributed by atoms with van der Waals surface area (Å²) in [5.74, 6) is 0.590. The predicted molar refractivity (Wildman–Crippen MR) is 175 cm³/mol. The monoisotopic (exact) mass is 579 g/mol. The zero-order valence-electron chi connectivity index (χ0n) is 26.1. The predicted octanol–water partition coefficient (Wildman–Crippen LogP) is 7.12. The van der Waals surface area contributed by atoms with Crippen molar-refractivity contribution < 1.29 is 14.3 Å². The number of fused-ring (bicyclic) bond motifs is 2. The molecule has 1 atom stereocenters. The normalized spacial score (nSPS) is 14.7. The Morgan fingerprint density at radius 3 is 2.60 bits per heavy atom. The lowest BCUT2D eigenvalue weighted by Gasteiger charge is -2.30. The van der Waals surface area contributed by atoms with Gasteiger partial charge in [-0.2, -0.15) is 0 Å². The van der Waals surface area contributed by atoms with Crippen LogP contribution < -0.4 is 4.74 Å².